The average Bonchev–Trinajstić information content (AvgIpc) is 3.06. The van der Waals surface area contributed by atoms with Crippen LogP contribution in [0, 0.1) is 0 Å². The van der Waals surface area contributed by atoms with Crippen molar-refractivity contribution in [3.8, 4) is 23.0 Å². The highest BCUT2D eigenvalue weighted by Crippen LogP contribution is 2.38. The van der Waals surface area contributed by atoms with E-state index in [0.717, 1.165) is 37.8 Å². The van der Waals surface area contributed by atoms with E-state index in [9.17, 15) is 36.6 Å². The number of carbonyl (C=O) groups is 2. The molecule has 0 fully saturated rings. The minimum Gasteiger partial charge on any atom is -0.478 e. The molecule has 4 aromatic rings. The summed E-state index contributed by atoms with van der Waals surface area (Å²) in [4.78, 5) is 21.9. The summed E-state index contributed by atoms with van der Waals surface area (Å²) < 4.78 is 59.3. The van der Waals surface area contributed by atoms with Crippen molar-refractivity contribution in [1.82, 2.24) is 0 Å². The van der Waals surface area contributed by atoms with E-state index in [1.54, 1.807) is 60.7 Å². The predicted molar refractivity (Wildman–Crippen MR) is 189 cm³/mol. The summed E-state index contributed by atoms with van der Waals surface area (Å²) >= 11 is 0. The number of nitrogens with one attached hydrogen (secondary N) is 2. The second kappa shape index (κ2) is 18.0. The van der Waals surface area contributed by atoms with Crippen LogP contribution >= 0.6 is 0 Å². The van der Waals surface area contributed by atoms with E-state index >= 15 is 0 Å². The quantitative estimate of drug-likeness (QED) is 0.0721. The molecule has 0 spiro atoms. The first-order chi connectivity index (χ1) is 23.6. The molecule has 14 nitrogen and oxygen atoms in total. The molecule has 0 heterocycles. The SMILES string of the molecule is CCCCNc1cc(C(=O)O)cc(S(N)(=O)=O)c1Oc1ccccc1.CCCCNc1cc(C(=O)O)cc(S(N)(=O)=O)c1Oc1ccccc1. The number of para-hydroxylation sites is 2. The number of ether oxygens (including phenoxy) is 2. The van der Waals surface area contributed by atoms with Crippen molar-refractivity contribution in [3.63, 3.8) is 0 Å². The maximum atomic E-state index is 12.0. The lowest BCUT2D eigenvalue weighted by atomic mass is 10.1. The highest BCUT2D eigenvalue weighted by atomic mass is 32.2. The Balaban J connectivity index is 0.000000270. The molecule has 8 N–H and O–H groups in total. The van der Waals surface area contributed by atoms with Crippen molar-refractivity contribution < 1.29 is 46.1 Å². The van der Waals surface area contributed by atoms with E-state index in [1.165, 1.54) is 12.1 Å². The Morgan fingerprint density at radius 2 is 0.960 bits per heavy atom. The largest absolute Gasteiger partial charge is 0.478 e. The number of anilines is 2. The van der Waals surface area contributed by atoms with Crippen molar-refractivity contribution in [2.45, 2.75) is 49.3 Å². The van der Waals surface area contributed by atoms with E-state index in [0.29, 0.717) is 24.6 Å². The summed E-state index contributed by atoms with van der Waals surface area (Å²) in [6.45, 7) is 5.09. The van der Waals surface area contributed by atoms with Crippen molar-refractivity contribution in [1.29, 1.82) is 0 Å². The number of carboxylic acids is 2. The van der Waals surface area contributed by atoms with Gasteiger partial charge in [0, 0.05) is 13.1 Å². The standard InChI is InChI=1S/2C17H20N2O5S/c2*1-2-3-9-19-14-10-12(17(20)21)11-15(25(18,22)23)16(14)24-13-7-5-4-6-8-13/h2*4-8,10-11,19H,2-3,9H2,1H3,(H,20,21)(H2,18,22,23). The Morgan fingerprint density at radius 1 is 0.620 bits per heavy atom. The molecular weight excluding hydrogens is 689 g/mol. The van der Waals surface area contributed by atoms with Gasteiger partial charge >= 0.3 is 11.9 Å². The molecule has 0 bridgehead atoms. The number of hydrogen-bond donors (Lipinski definition) is 6. The van der Waals surface area contributed by atoms with Gasteiger partial charge in [-0.25, -0.2) is 36.7 Å². The number of carboxylic acid groups (broad SMARTS) is 2. The lowest BCUT2D eigenvalue weighted by molar-refractivity contribution is 0.0685. The van der Waals surface area contributed by atoms with Gasteiger partial charge in [-0.2, -0.15) is 0 Å². The summed E-state index contributed by atoms with van der Waals surface area (Å²) in [6.07, 6.45) is 3.49. The number of aromatic carboxylic acids is 2. The van der Waals surface area contributed by atoms with Gasteiger partial charge in [-0.1, -0.05) is 63.1 Å². The third-order valence-corrected chi connectivity index (χ3v) is 8.67. The molecule has 0 amide bonds. The first kappa shape index (κ1) is 39.3. The van der Waals surface area contributed by atoms with E-state index in [1.807, 2.05) is 13.8 Å². The van der Waals surface area contributed by atoms with E-state index < -0.39 is 32.0 Å². The number of sulfonamides is 2. The van der Waals surface area contributed by atoms with Gasteiger partial charge in [0.1, 0.15) is 21.3 Å². The molecule has 0 aliphatic carbocycles. The summed E-state index contributed by atoms with van der Waals surface area (Å²) in [5, 5.41) is 35.1. The Bertz CT molecular complexity index is 1850. The molecular formula is C34H40N4O10S2. The van der Waals surface area contributed by atoms with E-state index in [-0.39, 0.29) is 43.8 Å². The Morgan fingerprint density at radius 3 is 1.24 bits per heavy atom. The van der Waals surface area contributed by atoms with Crippen molar-refractivity contribution >= 4 is 43.4 Å². The van der Waals surface area contributed by atoms with Gasteiger partial charge in [0.2, 0.25) is 20.0 Å². The molecule has 0 saturated heterocycles. The molecule has 268 valence electrons. The summed E-state index contributed by atoms with van der Waals surface area (Å²) in [6, 6.07) is 21.9. The summed E-state index contributed by atoms with van der Waals surface area (Å²) in [7, 11) is -8.38. The number of primary sulfonamides is 2. The highest BCUT2D eigenvalue weighted by Gasteiger charge is 2.25. The fourth-order valence-electron chi connectivity index (χ4n) is 4.36. The zero-order valence-electron chi connectivity index (χ0n) is 27.5. The van der Waals surface area contributed by atoms with Crippen molar-refractivity contribution in [2.24, 2.45) is 10.3 Å². The molecule has 0 aliphatic heterocycles. The second-order valence-corrected chi connectivity index (χ2v) is 13.9. The van der Waals surface area contributed by atoms with Gasteiger partial charge in [0.05, 0.1) is 22.5 Å². The molecule has 0 aromatic heterocycles. The minimum atomic E-state index is -4.19. The monoisotopic (exact) mass is 728 g/mol. The minimum absolute atomic E-state index is 0.0187. The lowest BCUT2D eigenvalue weighted by Crippen LogP contribution is -2.16. The molecule has 0 radical (unpaired) electrons. The van der Waals surface area contributed by atoms with E-state index in [2.05, 4.69) is 10.6 Å². The van der Waals surface area contributed by atoms with Crippen LogP contribution in [0.1, 0.15) is 60.2 Å². The van der Waals surface area contributed by atoms with Crippen LogP contribution in [-0.2, 0) is 20.0 Å². The molecule has 0 saturated carbocycles. The van der Waals surface area contributed by atoms with Crippen molar-refractivity contribution in [3.05, 3.63) is 96.1 Å². The zero-order valence-corrected chi connectivity index (χ0v) is 29.1. The van der Waals surface area contributed by atoms with Gasteiger partial charge in [0.25, 0.3) is 0 Å². The molecule has 0 unspecified atom stereocenters. The van der Waals surface area contributed by atoms with Crippen LogP contribution in [0.3, 0.4) is 0 Å². The highest BCUT2D eigenvalue weighted by molar-refractivity contribution is 7.89. The Kier molecular flexibility index (Phi) is 14.1. The average molecular weight is 729 g/mol. The molecule has 4 rings (SSSR count). The Labute approximate surface area is 291 Å². The number of hydrogen-bond acceptors (Lipinski definition) is 10. The van der Waals surface area contributed by atoms with Crippen LogP contribution in [0.5, 0.6) is 23.0 Å². The van der Waals surface area contributed by atoms with Crippen LogP contribution in [0.2, 0.25) is 0 Å². The predicted octanol–water partition coefficient (Wildman–Crippen LogP) is 6.07. The number of unbranched alkanes of at least 4 members (excludes halogenated alkanes) is 2. The maximum Gasteiger partial charge on any atom is 0.335 e. The number of nitrogens with two attached hydrogens (primary N) is 2. The first-order valence-electron chi connectivity index (χ1n) is 15.5. The second-order valence-electron chi connectivity index (χ2n) is 10.8. The topological polar surface area (TPSA) is 237 Å². The van der Waals surface area contributed by atoms with E-state index in [4.69, 9.17) is 19.8 Å². The zero-order chi connectivity index (χ0) is 36.9. The normalized spacial score (nSPS) is 11.1. The van der Waals surface area contributed by atoms with Crippen LogP contribution in [0.15, 0.2) is 94.7 Å². The maximum absolute atomic E-state index is 12.0. The van der Waals surface area contributed by atoms with Gasteiger partial charge in [-0.3, -0.25) is 0 Å². The molecule has 0 aliphatic rings. The third kappa shape index (κ3) is 11.5. The third-order valence-electron chi connectivity index (χ3n) is 6.83. The first-order valence-corrected chi connectivity index (χ1v) is 18.6. The summed E-state index contributed by atoms with van der Waals surface area (Å²) in [5.74, 6) is -1.72. The lowest BCUT2D eigenvalue weighted by Gasteiger charge is -2.17. The Hall–Kier alpha value is -5.16. The molecule has 16 heteroatoms. The number of rotatable bonds is 16. The van der Waals surface area contributed by atoms with Crippen LogP contribution in [-0.4, -0.2) is 52.1 Å². The van der Waals surface area contributed by atoms with Crippen LogP contribution in [0.4, 0.5) is 11.4 Å². The van der Waals surface area contributed by atoms with Gasteiger partial charge in [-0.15, -0.1) is 0 Å². The fourth-order valence-corrected chi connectivity index (χ4v) is 5.76. The van der Waals surface area contributed by atoms with Gasteiger partial charge in [-0.05, 0) is 61.4 Å². The van der Waals surface area contributed by atoms with Crippen LogP contribution in [0.25, 0.3) is 0 Å². The molecule has 0 atom stereocenters. The van der Waals surface area contributed by atoms with Crippen LogP contribution < -0.4 is 30.4 Å². The van der Waals surface area contributed by atoms with Gasteiger partial charge in [0.15, 0.2) is 11.5 Å². The number of benzene rings is 4. The summed E-state index contributed by atoms with van der Waals surface area (Å²) in [5.41, 5.74) is 0.148. The molecule has 50 heavy (non-hydrogen) atoms. The van der Waals surface area contributed by atoms with Crippen molar-refractivity contribution in [2.75, 3.05) is 23.7 Å². The van der Waals surface area contributed by atoms with Gasteiger partial charge < -0.3 is 30.3 Å². The molecule has 4 aromatic carbocycles. The fraction of sp³-hybridized carbons (Fsp3) is 0.235. The smallest absolute Gasteiger partial charge is 0.335 e.